The monoisotopic (exact) mass is 690 g/mol. The van der Waals surface area contributed by atoms with Crippen LogP contribution in [-0.4, -0.2) is 96.2 Å². The first kappa shape index (κ1) is 39.7. The van der Waals surface area contributed by atoms with Crippen molar-refractivity contribution in [2.45, 2.75) is 131 Å². The number of likely N-dealkylation sites (tertiary alicyclic amines) is 1. The predicted octanol–water partition coefficient (Wildman–Crippen LogP) is 1.65. The second kappa shape index (κ2) is 15.5. The minimum absolute atomic E-state index is 0.0308. The largest absolute Gasteiger partial charge is 0.453 e. The molecule has 2 aliphatic heterocycles. The molecule has 1 aliphatic carbocycles. The maximum absolute atomic E-state index is 14.6. The number of Topliss-reactive ketones (excluding diaryl/α,β-unsaturated/α-hetero) is 1. The van der Waals surface area contributed by atoms with Gasteiger partial charge in [-0.25, -0.2) is 4.79 Å². The Morgan fingerprint density at radius 3 is 2.00 bits per heavy atom. The normalized spacial score (nSPS) is 27.3. The number of ketones is 1. The number of hydrogen-bond donors (Lipinski definition) is 5. The van der Waals surface area contributed by atoms with Gasteiger partial charge < -0.3 is 36.2 Å². The summed E-state index contributed by atoms with van der Waals surface area (Å²) in [7, 11) is 1.18. The number of carbonyl (C=O) groups is 7. The third kappa shape index (κ3) is 8.72. The van der Waals surface area contributed by atoms with Gasteiger partial charge in [0.2, 0.25) is 29.4 Å². The minimum atomic E-state index is -1.08. The third-order valence-electron chi connectivity index (χ3n) is 10.6. The van der Waals surface area contributed by atoms with Gasteiger partial charge in [0.05, 0.1) is 7.11 Å². The molecule has 14 nitrogen and oxygen atoms in total. The quantitative estimate of drug-likeness (QED) is 0.202. The van der Waals surface area contributed by atoms with Gasteiger partial charge in [0, 0.05) is 12.6 Å². The van der Waals surface area contributed by atoms with Crippen LogP contribution in [0.4, 0.5) is 4.79 Å². The number of amides is 6. The molecule has 0 aromatic rings. The molecule has 5 N–H and O–H groups in total. The molecule has 1 saturated carbocycles. The second-order valence-corrected chi connectivity index (χ2v) is 16.2. The highest BCUT2D eigenvalue weighted by molar-refractivity contribution is 6.38. The summed E-state index contributed by atoms with van der Waals surface area (Å²) >= 11 is 0. The van der Waals surface area contributed by atoms with Crippen LogP contribution in [0.5, 0.6) is 0 Å². The average Bonchev–Trinajstić information content (AvgIpc) is 3.56. The van der Waals surface area contributed by atoms with Crippen LogP contribution in [-0.2, 0) is 33.5 Å². The molecule has 0 spiro atoms. The molecule has 0 radical (unpaired) electrons. The highest BCUT2D eigenvalue weighted by atomic mass is 16.5. The van der Waals surface area contributed by atoms with Crippen LogP contribution in [0.1, 0.15) is 94.9 Å². The molecule has 0 aromatic heterocycles. The number of alkyl carbamates (subject to hydrolysis) is 1. The van der Waals surface area contributed by atoms with E-state index in [4.69, 9.17) is 0 Å². The fraction of sp³-hybridized carbons (Fsp3) is 0.800. The van der Waals surface area contributed by atoms with Gasteiger partial charge in [-0.05, 0) is 67.6 Å². The van der Waals surface area contributed by atoms with Crippen molar-refractivity contribution < 1.29 is 38.3 Å². The summed E-state index contributed by atoms with van der Waals surface area (Å²) < 4.78 is 4.57. The number of ether oxygens (including phenoxy) is 1. The van der Waals surface area contributed by atoms with Gasteiger partial charge in [0.15, 0.2) is 0 Å². The fourth-order valence-electron chi connectivity index (χ4n) is 7.68. The summed E-state index contributed by atoms with van der Waals surface area (Å²) in [5, 5.41) is 13.6. The van der Waals surface area contributed by atoms with Crippen LogP contribution >= 0.6 is 0 Å². The molecular formula is C35H58N6O8. The molecule has 2 unspecified atom stereocenters. The van der Waals surface area contributed by atoms with Crippen molar-refractivity contribution in [1.82, 2.24) is 31.5 Å². The molecule has 6 amide bonds. The molecule has 49 heavy (non-hydrogen) atoms. The molecule has 2 heterocycles. The molecule has 0 aromatic carbocycles. The lowest BCUT2D eigenvalue weighted by atomic mass is 9.75. The third-order valence-corrected chi connectivity index (χ3v) is 10.6. The Labute approximate surface area is 290 Å². The Kier molecular flexibility index (Phi) is 12.5. The Hall–Kier alpha value is -3.71. The van der Waals surface area contributed by atoms with E-state index >= 15 is 0 Å². The molecule has 14 heteroatoms. The first-order valence-corrected chi connectivity index (χ1v) is 17.6. The Morgan fingerprint density at radius 2 is 1.47 bits per heavy atom. The fourth-order valence-corrected chi connectivity index (χ4v) is 7.68. The molecule has 3 fully saturated rings. The standard InChI is InChI=1S/C35H58N6O8/c1-12-17(3)36-30(45)25(42)23-20(13-2)21-15-14-19-16-41(24(22(19)21)29(44)38-23)32(47)27(35(8,9)10)40-31(46)26(34(5,6)7)39-28(43)18(4)37-33(48)49-11/h17-24,26-27H,12-16H2,1-11H3,(H,36,45)(H,37,48)(H,38,44)(H,39,43)(H,40,46)/t17-,18+,19-,20?,21?,22+,23-,24-,26+,27+/m0/s1. The summed E-state index contributed by atoms with van der Waals surface area (Å²) in [6.07, 6.45) is 2.00. The van der Waals surface area contributed by atoms with Gasteiger partial charge in [0.1, 0.15) is 30.2 Å². The van der Waals surface area contributed by atoms with E-state index in [9.17, 15) is 33.6 Å². The number of methoxy groups -OCH3 is 1. The lowest BCUT2D eigenvalue weighted by Crippen LogP contribution is -2.63. The zero-order valence-electron chi connectivity index (χ0n) is 31.0. The molecule has 10 atom stereocenters. The van der Waals surface area contributed by atoms with Crippen molar-refractivity contribution in [2.75, 3.05) is 13.7 Å². The number of rotatable bonds is 11. The Bertz CT molecular complexity index is 1310. The summed E-state index contributed by atoms with van der Waals surface area (Å²) in [5.41, 5.74) is -1.58. The number of carbonyl (C=O) groups excluding carboxylic acids is 7. The van der Waals surface area contributed by atoms with Crippen molar-refractivity contribution >= 4 is 41.4 Å². The number of hydrogen-bond acceptors (Lipinski definition) is 8. The molecule has 276 valence electrons. The van der Waals surface area contributed by atoms with E-state index in [2.05, 4.69) is 31.3 Å². The molecule has 3 rings (SSSR count). The van der Waals surface area contributed by atoms with E-state index in [0.29, 0.717) is 19.4 Å². The molecule has 2 saturated heterocycles. The molecule has 0 bridgehead atoms. The van der Waals surface area contributed by atoms with Crippen LogP contribution in [0.15, 0.2) is 0 Å². The average molecular weight is 691 g/mol. The van der Waals surface area contributed by atoms with Gasteiger partial charge in [-0.3, -0.25) is 28.8 Å². The van der Waals surface area contributed by atoms with E-state index in [-0.39, 0.29) is 29.7 Å². The minimum Gasteiger partial charge on any atom is -0.453 e. The van der Waals surface area contributed by atoms with Crippen LogP contribution in [0.2, 0.25) is 0 Å². The summed E-state index contributed by atoms with van der Waals surface area (Å²) in [4.78, 5) is 95.2. The number of nitrogens with zero attached hydrogens (tertiary/aromatic N) is 1. The van der Waals surface area contributed by atoms with E-state index in [1.165, 1.54) is 14.0 Å². The summed E-state index contributed by atoms with van der Waals surface area (Å²) in [6, 6.07) is -5.21. The van der Waals surface area contributed by atoms with Crippen molar-refractivity contribution in [2.24, 2.45) is 34.5 Å². The smallest absolute Gasteiger partial charge is 0.407 e. The van der Waals surface area contributed by atoms with Gasteiger partial charge in [-0.15, -0.1) is 0 Å². The van der Waals surface area contributed by atoms with Crippen LogP contribution in [0, 0.1) is 34.5 Å². The maximum atomic E-state index is 14.6. The first-order chi connectivity index (χ1) is 22.7. The maximum Gasteiger partial charge on any atom is 0.407 e. The van der Waals surface area contributed by atoms with Gasteiger partial charge in [-0.1, -0.05) is 61.8 Å². The lowest BCUT2D eigenvalue weighted by Gasteiger charge is -2.38. The van der Waals surface area contributed by atoms with Crippen molar-refractivity contribution in [1.29, 1.82) is 0 Å². The van der Waals surface area contributed by atoms with Gasteiger partial charge in [0.25, 0.3) is 5.91 Å². The van der Waals surface area contributed by atoms with E-state index in [0.717, 1.165) is 12.8 Å². The van der Waals surface area contributed by atoms with E-state index < -0.39 is 82.5 Å². The topological polar surface area (TPSA) is 192 Å². The van der Waals surface area contributed by atoms with Gasteiger partial charge >= 0.3 is 6.09 Å². The highest BCUT2D eigenvalue weighted by Crippen LogP contribution is 2.52. The number of nitrogens with one attached hydrogen (secondary N) is 5. The van der Waals surface area contributed by atoms with Crippen LogP contribution in [0.3, 0.4) is 0 Å². The van der Waals surface area contributed by atoms with Gasteiger partial charge in [-0.2, -0.15) is 0 Å². The van der Waals surface area contributed by atoms with Crippen molar-refractivity contribution in [3.05, 3.63) is 0 Å². The predicted molar refractivity (Wildman–Crippen MR) is 182 cm³/mol. The summed E-state index contributed by atoms with van der Waals surface area (Å²) in [6.45, 7) is 18.2. The van der Waals surface area contributed by atoms with Crippen LogP contribution in [0.25, 0.3) is 0 Å². The van der Waals surface area contributed by atoms with Crippen LogP contribution < -0.4 is 26.6 Å². The zero-order valence-corrected chi connectivity index (χ0v) is 31.0. The molecular weight excluding hydrogens is 632 g/mol. The van der Waals surface area contributed by atoms with Crippen molar-refractivity contribution in [3.63, 3.8) is 0 Å². The second-order valence-electron chi connectivity index (χ2n) is 16.2. The highest BCUT2D eigenvalue weighted by Gasteiger charge is 2.60. The molecule has 3 aliphatic rings. The van der Waals surface area contributed by atoms with E-state index in [1.54, 1.807) is 25.7 Å². The lowest BCUT2D eigenvalue weighted by molar-refractivity contribution is -0.146. The Balaban J connectivity index is 1.90. The SMILES string of the molecule is CCC1C2CC[C@H]3CN(C(=O)[C@@H](NC(=O)[C@@H](NC(=O)[C@@H](C)NC(=O)OC)C(C)(C)C)C(C)(C)C)[C@H](C(=O)N[C@@H]1C(=O)C(=O)N[C@@H](C)CC)[C@@H]23. The first-order valence-electron chi connectivity index (χ1n) is 17.6. The zero-order chi connectivity index (χ0) is 37.2. The Morgan fingerprint density at radius 1 is 0.878 bits per heavy atom. The van der Waals surface area contributed by atoms with E-state index in [1.807, 2.05) is 41.5 Å². The summed E-state index contributed by atoms with van der Waals surface area (Å²) in [5.74, 6) is -3.97. The van der Waals surface area contributed by atoms with Crippen molar-refractivity contribution in [3.8, 4) is 0 Å².